The first kappa shape index (κ1) is 9.36. The molecule has 0 saturated heterocycles. The molecule has 1 atom stereocenters. The molecule has 2 N–H and O–H groups in total. The molecule has 0 aliphatic heterocycles. The number of hydrogen-bond donors (Lipinski definition) is 1. The maximum atomic E-state index is 5.69. The molecular weight excluding hydrogens is 174 g/mol. The van der Waals surface area contributed by atoms with E-state index >= 15 is 0 Å². The average Bonchev–Trinajstić information content (AvgIpc) is 2.09. The number of ether oxygens (including phenoxy) is 1. The molecule has 0 heterocycles. The van der Waals surface area contributed by atoms with Crippen molar-refractivity contribution in [2.75, 3.05) is 0 Å². The first-order valence-corrected chi connectivity index (χ1v) is 4.07. The molecule has 1 unspecified atom stereocenters. The van der Waals surface area contributed by atoms with Crippen LogP contribution in [-0.2, 0) is 0 Å². The summed E-state index contributed by atoms with van der Waals surface area (Å²) in [6.07, 6.45) is 1.42. The van der Waals surface area contributed by atoms with Crippen LogP contribution in [0.2, 0.25) is 5.02 Å². The zero-order chi connectivity index (χ0) is 8.97. The van der Waals surface area contributed by atoms with Gasteiger partial charge in [0.05, 0.1) is 0 Å². The highest BCUT2D eigenvalue weighted by Crippen LogP contribution is 2.16. The van der Waals surface area contributed by atoms with Gasteiger partial charge in [0, 0.05) is 11.4 Å². The van der Waals surface area contributed by atoms with Crippen LogP contribution in [0.1, 0.15) is 6.92 Å². The largest absolute Gasteiger partial charge is 0.475 e. The number of nitrogens with two attached hydrogens (primary N) is 1. The minimum atomic E-state index is -0.355. The van der Waals surface area contributed by atoms with Gasteiger partial charge in [-0.3, -0.25) is 5.73 Å². The van der Waals surface area contributed by atoms with Gasteiger partial charge in [-0.15, -0.1) is 0 Å². The lowest BCUT2D eigenvalue weighted by Crippen LogP contribution is -2.26. The van der Waals surface area contributed by atoms with E-state index in [4.69, 9.17) is 22.1 Å². The molecule has 0 aliphatic rings. The third kappa shape index (κ3) is 2.72. The normalized spacial score (nSPS) is 12.6. The van der Waals surface area contributed by atoms with Crippen molar-refractivity contribution >= 4 is 11.6 Å². The van der Waals surface area contributed by atoms with Crippen molar-refractivity contribution in [1.82, 2.24) is 0 Å². The van der Waals surface area contributed by atoms with Crippen LogP contribution in [0, 0.1) is 6.42 Å². The van der Waals surface area contributed by atoms with Gasteiger partial charge in [-0.2, -0.15) is 0 Å². The third-order valence-corrected chi connectivity index (χ3v) is 1.67. The van der Waals surface area contributed by atoms with Gasteiger partial charge in [0.1, 0.15) is 5.75 Å². The van der Waals surface area contributed by atoms with E-state index in [9.17, 15) is 0 Å². The highest BCUT2D eigenvalue weighted by atomic mass is 35.5. The van der Waals surface area contributed by atoms with E-state index in [1.165, 1.54) is 0 Å². The molecule has 65 valence electrons. The molecule has 1 rings (SSSR count). The third-order valence-electron chi connectivity index (χ3n) is 1.41. The second kappa shape index (κ2) is 4.33. The van der Waals surface area contributed by atoms with E-state index in [-0.39, 0.29) is 6.23 Å². The quantitative estimate of drug-likeness (QED) is 0.732. The van der Waals surface area contributed by atoms with Gasteiger partial charge in [-0.25, -0.2) is 0 Å². The summed E-state index contributed by atoms with van der Waals surface area (Å²) in [4.78, 5) is 0. The Bertz CT molecular complexity index is 235. The smallest absolute Gasteiger partial charge is 0.150 e. The summed E-state index contributed by atoms with van der Waals surface area (Å²) in [6, 6.07) is 7.09. The molecule has 2 nitrogen and oxygen atoms in total. The highest BCUT2D eigenvalue weighted by Gasteiger charge is 1.99. The van der Waals surface area contributed by atoms with Gasteiger partial charge in [0.2, 0.25) is 0 Å². The van der Waals surface area contributed by atoms with Crippen LogP contribution >= 0.6 is 11.6 Å². The van der Waals surface area contributed by atoms with Crippen LogP contribution in [0.5, 0.6) is 5.75 Å². The van der Waals surface area contributed by atoms with Crippen molar-refractivity contribution in [3.63, 3.8) is 0 Å². The molecule has 0 fully saturated rings. The highest BCUT2D eigenvalue weighted by molar-refractivity contribution is 6.30. The van der Waals surface area contributed by atoms with Crippen LogP contribution < -0.4 is 10.5 Å². The number of halogens is 1. The summed E-state index contributed by atoms with van der Waals surface area (Å²) in [5, 5.41) is 0.691. The molecular formula is C9H11ClNO. The van der Waals surface area contributed by atoms with Gasteiger partial charge in [0.15, 0.2) is 6.23 Å². The molecule has 12 heavy (non-hydrogen) atoms. The van der Waals surface area contributed by atoms with Crippen molar-refractivity contribution in [3.05, 3.63) is 35.7 Å². The Labute approximate surface area is 77.3 Å². The lowest BCUT2D eigenvalue weighted by molar-refractivity contribution is 0.242. The second-order valence-corrected chi connectivity index (χ2v) is 2.81. The topological polar surface area (TPSA) is 35.2 Å². The van der Waals surface area contributed by atoms with Gasteiger partial charge < -0.3 is 4.74 Å². The predicted molar refractivity (Wildman–Crippen MR) is 50.0 cm³/mol. The number of benzene rings is 1. The van der Waals surface area contributed by atoms with Gasteiger partial charge in [-0.1, -0.05) is 18.5 Å². The molecule has 0 aromatic heterocycles. The summed E-state index contributed by atoms with van der Waals surface area (Å²) >= 11 is 5.69. The van der Waals surface area contributed by atoms with E-state index in [0.717, 1.165) is 5.75 Å². The minimum Gasteiger partial charge on any atom is -0.475 e. The molecule has 1 radical (unpaired) electrons. The summed E-state index contributed by atoms with van der Waals surface area (Å²) in [5.74, 6) is 0.727. The van der Waals surface area contributed by atoms with E-state index in [2.05, 4.69) is 0 Å². The molecule has 0 bridgehead atoms. The summed E-state index contributed by atoms with van der Waals surface area (Å²) in [7, 11) is 0. The summed E-state index contributed by atoms with van der Waals surface area (Å²) in [6.45, 7) is 1.85. The van der Waals surface area contributed by atoms with Crippen molar-refractivity contribution in [3.8, 4) is 5.75 Å². The van der Waals surface area contributed by atoms with Crippen molar-refractivity contribution < 1.29 is 4.74 Å². The van der Waals surface area contributed by atoms with Gasteiger partial charge in [0.25, 0.3) is 0 Å². The first-order valence-electron chi connectivity index (χ1n) is 3.69. The SMILES string of the molecule is C[CH]C(N)Oc1ccc(Cl)cc1. The van der Waals surface area contributed by atoms with Gasteiger partial charge >= 0.3 is 0 Å². The van der Waals surface area contributed by atoms with Crippen LogP contribution in [0.3, 0.4) is 0 Å². The summed E-state index contributed by atoms with van der Waals surface area (Å²) in [5.41, 5.74) is 5.53. The Morgan fingerprint density at radius 1 is 1.42 bits per heavy atom. The van der Waals surface area contributed by atoms with Crippen LogP contribution in [0.25, 0.3) is 0 Å². The fourth-order valence-electron chi connectivity index (χ4n) is 0.738. The van der Waals surface area contributed by atoms with E-state index in [1.807, 2.05) is 6.92 Å². The Kier molecular flexibility index (Phi) is 3.38. The monoisotopic (exact) mass is 184 g/mol. The second-order valence-electron chi connectivity index (χ2n) is 2.37. The van der Waals surface area contributed by atoms with E-state index in [0.29, 0.717) is 5.02 Å². The van der Waals surface area contributed by atoms with Crippen LogP contribution in [0.15, 0.2) is 24.3 Å². The maximum Gasteiger partial charge on any atom is 0.150 e. The molecule has 3 heteroatoms. The molecule has 0 aliphatic carbocycles. The van der Waals surface area contributed by atoms with Crippen LogP contribution in [-0.4, -0.2) is 6.23 Å². The molecule has 0 saturated carbocycles. The average molecular weight is 185 g/mol. The fraction of sp³-hybridized carbons (Fsp3) is 0.222. The predicted octanol–water partition coefficient (Wildman–Crippen LogP) is 2.23. The molecule has 1 aromatic rings. The van der Waals surface area contributed by atoms with Crippen molar-refractivity contribution in [2.45, 2.75) is 13.2 Å². The first-order chi connectivity index (χ1) is 5.72. The van der Waals surface area contributed by atoms with Gasteiger partial charge in [-0.05, 0) is 24.3 Å². The molecule has 0 amide bonds. The number of rotatable bonds is 3. The maximum absolute atomic E-state index is 5.69. The zero-order valence-electron chi connectivity index (χ0n) is 6.83. The Hall–Kier alpha value is -0.730. The fourth-order valence-corrected chi connectivity index (χ4v) is 0.864. The van der Waals surface area contributed by atoms with E-state index < -0.39 is 0 Å². The van der Waals surface area contributed by atoms with Crippen molar-refractivity contribution in [2.24, 2.45) is 5.73 Å². The lowest BCUT2D eigenvalue weighted by Gasteiger charge is -2.11. The Morgan fingerprint density at radius 2 is 2.00 bits per heavy atom. The standard InChI is InChI=1S/C9H11ClNO/c1-2-9(11)12-8-5-3-7(10)4-6-8/h2-6,9H,11H2,1H3. The Balaban J connectivity index is 2.58. The minimum absolute atomic E-state index is 0.355. The zero-order valence-corrected chi connectivity index (χ0v) is 7.58. The molecule has 1 aromatic carbocycles. The summed E-state index contributed by atoms with van der Waals surface area (Å²) < 4.78 is 5.28. The van der Waals surface area contributed by atoms with E-state index in [1.54, 1.807) is 30.7 Å². The number of hydrogen-bond acceptors (Lipinski definition) is 2. The van der Waals surface area contributed by atoms with Crippen LogP contribution in [0.4, 0.5) is 0 Å². The molecule has 0 spiro atoms. The lowest BCUT2D eigenvalue weighted by atomic mass is 10.3. The van der Waals surface area contributed by atoms with Crippen molar-refractivity contribution in [1.29, 1.82) is 0 Å². The Morgan fingerprint density at radius 3 is 2.50 bits per heavy atom.